The SMILES string of the molecule is CCc1nnc(COc2ccc(Br)c(CC(C)N)c2)o1. The van der Waals surface area contributed by atoms with Crippen LogP contribution in [0.25, 0.3) is 0 Å². The van der Waals surface area contributed by atoms with Crippen molar-refractivity contribution in [2.45, 2.75) is 39.3 Å². The molecule has 1 aromatic heterocycles. The van der Waals surface area contributed by atoms with Gasteiger partial charge in [-0.15, -0.1) is 10.2 Å². The quantitative estimate of drug-likeness (QED) is 0.875. The summed E-state index contributed by atoms with van der Waals surface area (Å²) in [5.41, 5.74) is 6.95. The Balaban J connectivity index is 2.02. The second-order valence-electron chi connectivity index (χ2n) is 4.67. The van der Waals surface area contributed by atoms with E-state index in [1.807, 2.05) is 32.0 Å². The van der Waals surface area contributed by atoms with Crippen LogP contribution in [0.5, 0.6) is 5.75 Å². The summed E-state index contributed by atoms with van der Waals surface area (Å²) in [7, 11) is 0. The van der Waals surface area contributed by atoms with Gasteiger partial charge >= 0.3 is 0 Å². The van der Waals surface area contributed by atoms with Gasteiger partial charge in [-0.05, 0) is 37.1 Å². The molecule has 0 aliphatic heterocycles. The van der Waals surface area contributed by atoms with Crippen LogP contribution in [0.3, 0.4) is 0 Å². The molecule has 2 aromatic rings. The average Bonchev–Trinajstić information content (AvgIpc) is 2.87. The Bertz CT molecular complexity index is 569. The molecule has 0 amide bonds. The summed E-state index contributed by atoms with van der Waals surface area (Å²) in [6.07, 6.45) is 1.52. The van der Waals surface area contributed by atoms with Crippen molar-refractivity contribution in [3.63, 3.8) is 0 Å². The van der Waals surface area contributed by atoms with Gasteiger partial charge in [0, 0.05) is 16.9 Å². The van der Waals surface area contributed by atoms with E-state index in [1.165, 1.54) is 0 Å². The molecule has 2 N–H and O–H groups in total. The van der Waals surface area contributed by atoms with E-state index in [1.54, 1.807) is 0 Å². The topological polar surface area (TPSA) is 74.2 Å². The number of benzene rings is 1. The van der Waals surface area contributed by atoms with Gasteiger partial charge in [0.15, 0.2) is 6.61 Å². The van der Waals surface area contributed by atoms with E-state index in [0.29, 0.717) is 11.8 Å². The number of nitrogens with two attached hydrogens (primary N) is 1. The molecule has 0 fully saturated rings. The molecular formula is C14H18BrN3O2. The van der Waals surface area contributed by atoms with E-state index in [4.69, 9.17) is 14.9 Å². The van der Waals surface area contributed by atoms with E-state index < -0.39 is 0 Å². The Morgan fingerprint density at radius 3 is 2.75 bits per heavy atom. The summed E-state index contributed by atoms with van der Waals surface area (Å²) in [6.45, 7) is 4.21. The van der Waals surface area contributed by atoms with Gasteiger partial charge in [-0.2, -0.15) is 0 Å². The lowest BCUT2D eigenvalue weighted by Gasteiger charge is -2.10. The molecule has 1 aromatic carbocycles. The second kappa shape index (κ2) is 6.85. The minimum Gasteiger partial charge on any atom is -0.484 e. The number of ether oxygens (including phenoxy) is 1. The van der Waals surface area contributed by atoms with Gasteiger partial charge in [0.25, 0.3) is 5.89 Å². The summed E-state index contributed by atoms with van der Waals surface area (Å²) in [5.74, 6) is 1.87. The lowest BCUT2D eigenvalue weighted by molar-refractivity contribution is 0.259. The number of hydrogen-bond acceptors (Lipinski definition) is 5. The van der Waals surface area contributed by atoms with Crippen LogP contribution in [-0.4, -0.2) is 16.2 Å². The van der Waals surface area contributed by atoms with Gasteiger partial charge in [0.1, 0.15) is 5.75 Å². The Morgan fingerprint density at radius 1 is 1.35 bits per heavy atom. The number of aromatic nitrogens is 2. The van der Waals surface area contributed by atoms with Gasteiger partial charge in [0.2, 0.25) is 5.89 Å². The zero-order chi connectivity index (χ0) is 14.5. The van der Waals surface area contributed by atoms with Crippen LogP contribution < -0.4 is 10.5 Å². The van der Waals surface area contributed by atoms with E-state index >= 15 is 0 Å². The molecule has 5 nitrogen and oxygen atoms in total. The van der Waals surface area contributed by atoms with Crippen LogP contribution in [0, 0.1) is 0 Å². The molecule has 0 saturated carbocycles. The highest BCUT2D eigenvalue weighted by Crippen LogP contribution is 2.24. The normalized spacial score (nSPS) is 12.4. The Morgan fingerprint density at radius 2 is 2.10 bits per heavy atom. The fourth-order valence-corrected chi connectivity index (χ4v) is 2.19. The molecule has 0 aliphatic rings. The summed E-state index contributed by atoms with van der Waals surface area (Å²) in [6, 6.07) is 5.93. The molecule has 1 unspecified atom stereocenters. The molecule has 0 spiro atoms. The average molecular weight is 340 g/mol. The molecular weight excluding hydrogens is 322 g/mol. The first kappa shape index (κ1) is 15.0. The lowest BCUT2D eigenvalue weighted by atomic mass is 10.1. The highest BCUT2D eigenvalue weighted by molar-refractivity contribution is 9.10. The van der Waals surface area contributed by atoms with Crippen LogP contribution in [-0.2, 0) is 19.4 Å². The number of aryl methyl sites for hydroxylation is 1. The van der Waals surface area contributed by atoms with E-state index in [9.17, 15) is 0 Å². The molecule has 0 aliphatic carbocycles. The molecule has 2 rings (SSSR count). The van der Waals surface area contributed by atoms with Gasteiger partial charge in [-0.25, -0.2) is 0 Å². The van der Waals surface area contributed by atoms with Crippen molar-refractivity contribution in [3.8, 4) is 5.75 Å². The van der Waals surface area contributed by atoms with Crippen molar-refractivity contribution >= 4 is 15.9 Å². The molecule has 1 heterocycles. The first-order valence-electron chi connectivity index (χ1n) is 6.56. The van der Waals surface area contributed by atoms with Gasteiger partial charge in [-0.1, -0.05) is 22.9 Å². The maximum Gasteiger partial charge on any atom is 0.253 e. The predicted octanol–water partition coefficient (Wildman–Crippen LogP) is 2.86. The molecule has 1 atom stereocenters. The number of nitrogens with zero attached hydrogens (tertiary/aromatic N) is 2. The van der Waals surface area contributed by atoms with Gasteiger partial charge in [0.05, 0.1) is 0 Å². The molecule has 6 heteroatoms. The fraction of sp³-hybridized carbons (Fsp3) is 0.429. The maximum atomic E-state index is 5.83. The summed E-state index contributed by atoms with van der Waals surface area (Å²) >= 11 is 3.52. The maximum absolute atomic E-state index is 5.83. The largest absolute Gasteiger partial charge is 0.484 e. The second-order valence-corrected chi connectivity index (χ2v) is 5.52. The fourth-order valence-electron chi connectivity index (χ4n) is 1.78. The summed E-state index contributed by atoms with van der Waals surface area (Å²) < 4.78 is 12.1. The zero-order valence-corrected chi connectivity index (χ0v) is 13.2. The van der Waals surface area contributed by atoms with Crippen LogP contribution in [0.4, 0.5) is 0 Å². The highest BCUT2D eigenvalue weighted by Gasteiger charge is 2.08. The van der Waals surface area contributed by atoms with Crippen molar-refractivity contribution in [3.05, 3.63) is 40.0 Å². The molecule has 0 bridgehead atoms. The monoisotopic (exact) mass is 339 g/mol. The van der Waals surface area contributed by atoms with Crippen LogP contribution in [0.2, 0.25) is 0 Å². The first-order chi connectivity index (χ1) is 9.58. The van der Waals surface area contributed by atoms with Gasteiger partial charge in [-0.3, -0.25) is 0 Å². The molecule has 0 saturated heterocycles. The van der Waals surface area contributed by atoms with Crippen molar-refractivity contribution in [1.29, 1.82) is 0 Å². The third kappa shape index (κ3) is 4.05. The minimum absolute atomic E-state index is 0.101. The van der Waals surface area contributed by atoms with Crippen LogP contribution in [0.1, 0.15) is 31.2 Å². The smallest absolute Gasteiger partial charge is 0.253 e. The summed E-state index contributed by atoms with van der Waals surface area (Å²) in [4.78, 5) is 0. The van der Waals surface area contributed by atoms with Crippen molar-refractivity contribution in [2.24, 2.45) is 5.73 Å². The van der Waals surface area contributed by atoms with E-state index in [-0.39, 0.29) is 12.6 Å². The van der Waals surface area contributed by atoms with Crippen LogP contribution >= 0.6 is 15.9 Å². The Hall–Kier alpha value is -1.40. The zero-order valence-electron chi connectivity index (χ0n) is 11.6. The van der Waals surface area contributed by atoms with Gasteiger partial charge < -0.3 is 14.9 Å². The Kier molecular flexibility index (Phi) is 5.14. The van der Waals surface area contributed by atoms with Crippen molar-refractivity contribution in [1.82, 2.24) is 10.2 Å². The molecule has 0 radical (unpaired) electrons. The number of halogens is 1. The highest BCUT2D eigenvalue weighted by atomic mass is 79.9. The number of hydrogen-bond donors (Lipinski definition) is 1. The molecule has 20 heavy (non-hydrogen) atoms. The Labute approximate surface area is 126 Å². The standard InChI is InChI=1S/C14H18BrN3O2/c1-3-13-17-18-14(20-13)8-19-11-4-5-12(15)10(7-11)6-9(2)16/h4-5,7,9H,3,6,8,16H2,1-2H3. The van der Waals surface area contributed by atoms with E-state index in [2.05, 4.69) is 26.1 Å². The number of rotatable bonds is 6. The van der Waals surface area contributed by atoms with Crippen molar-refractivity contribution in [2.75, 3.05) is 0 Å². The molecule has 108 valence electrons. The van der Waals surface area contributed by atoms with Crippen molar-refractivity contribution < 1.29 is 9.15 Å². The lowest BCUT2D eigenvalue weighted by Crippen LogP contribution is -2.18. The van der Waals surface area contributed by atoms with E-state index in [0.717, 1.165) is 28.6 Å². The summed E-state index contributed by atoms with van der Waals surface area (Å²) in [5, 5.41) is 7.82. The third-order valence-corrected chi connectivity index (χ3v) is 3.51. The predicted molar refractivity (Wildman–Crippen MR) is 79.5 cm³/mol. The third-order valence-electron chi connectivity index (χ3n) is 2.73. The minimum atomic E-state index is 0.101. The first-order valence-corrected chi connectivity index (χ1v) is 7.35. The van der Waals surface area contributed by atoms with Crippen LogP contribution in [0.15, 0.2) is 27.1 Å².